The van der Waals surface area contributed by atoms with E-state index in [1.54, 1.807) is 7.11 Å². The van der Waals surface area contributed by atoms with Gasteiger partial charge in [-0.05, 0) is 49.2 Å². The lowest BCUT2D eigenvalue weighted by Gasteiger charge is -2.15. The first-order chi connectivity index (χ1) is 13.7. The summed E-state index contributed by atoms with van der Waals surface area (Å²) in [5.41, 5.74) is 4.25. The normalized spacial score (nSPS) is 10.8. The summed E-state index contributed by atoms with van der Waals surface area (Å²) < 4.78 is 5.26. The van der Waals surface area contributed by atoms with E-state index in [0.29, 0.717) is 12.1 Å². The van der Waals surface area contributed by atoms with Gasteiger partial charge in [0.25, 0.3) is 5.91 Å². The van der Waals surface area contributed by atoms with E-state index in [1.807, 2.05) is 55.5 Å². The molecule has 0 saturated carbocycles. The molecule has 0 aliphatic heterocycles. The van der Waals surface area contributed by atoms with Gasteiger partial charge in [0.05, 0.1) is 23.9 Å². The number of para-hydroxylation sites is 1. The number of hydrogen-bond acceptors (Lipinski definition) is 3. The molecule has 1 N–H and O–H groups in total. The average molecular weight is 377 g/mol. The summed E-state index contributed by atoms with van der Waals surface area (Å²) >= 11 is 0. The van der Waals surface area contributed by atoms with Gasteiger partial charge < -0.3 is 10.1 Å². The molecule has 0 saturated heterocycles. The van der Waals surface area contributed by atoms with Crippen molar-refractivity contribution < 1.29 is 9.53 Å². The maximum atomic E-state index is 13.0. The van der Waals surface area contributed by atoms with Gasteiger partial charge in [0.2, 0.25) is 0 Å². The van der Waals surface area contributed by atoms with Crippen LogP contribution in [0.5, 0.6) is 5.75 Å². The van der Waals surface area contributed by atoms with Crippen molar-refractivity contribution in [3.63, 3.8) is 0 Å². The Morgan fingerprint density at radius 3 is 2.50 bits per heavy atom. The number of methoxy groups -OCH3 is 1. The molecule has 0 bridgehead atoms. The van der Waals surface area contributed by atoms with E-state index in [0.717, 1.165) is 46.3 Å². The number of carbonyl (C=O) groups is 1. The number of benzene rings is 2. The summed E-state index contributed by atoms with van der Waals surface area (Å²) in [5, 5.41) is 3.99. The zero-order chi connectivity index (χ0) is 19.9. The molecule has 0 fully saturated rings. The third kappa shape index (κ3) is 4.33. The fraction of sp³-hybridized carbons (Fsp3) is 0.333. The third-order valence-electron chi connectivity index (χ3n) is 5.04. The number of pyridine rings is 1. The van der Waals surface area contributed by atoms with Crippen LogP contribution in [-0.4, -0.2) is 24.5 Å². The Bertz CT molecular complexity index is 949. The predicted molar refractivity (Wildman–Crippen MR) is 115 cm³/mol. The first kappa shape index (κ1) is 19.9. The monoisotopic (exact) mass is 376 g/mol. The minimum atomic E-state index is -0.0256. The summed E-state index contributed by atoms with van der Waals surface area (Å²) in [6.07, 6.45) is 4.54. The van der Waals surface area contributed by atoms with Crippen LogP contribution in [0.15, 0.2) is 48.5 Å². The molecule has 4 nitrogen and oxygen atoms in total. The molecule has 0 atom stereocenters. The maximum absolute atomic E-state index is 13.0. The Labute approximate surface area is 166 Å². The smallest absolute Gasteiger partial charge is 0.252 e. The van der Waals surface area contributed by atoms with E-state index in [-0.39, 0.29) is 5.91 Å². The van der Waals surface area contributed by atoms with Gasteiger partial charge in [-0.2, -0.15) is 0 Å². The van der Waals surface area contributed by atoms with Crippen molar-refractivity contribution in [2.24, 2.45) is 0 Å². The number of hydrogen-bond donors (Lipinski definition) is 1. The van der Waals surface area contributed by atoms with Crippen molar-refractivity contribution in [3.8, 4) is 17.0 Å². The molecule has 1 heterocycles. The summed E-state index contributed by atoms with van der Waals surface area (Å²) in [4.78, 5) is 17.9. The molecule has 0 radical (unpaired) electrons. The SMILES string of the molecule is CCCCCCNC(=O)c1c(C)c(-c2ccc(OC)cc2)nc2ccccc12. The third-order valence-corrected chi connectivity index (χ3v) is 5.04. The van der Waals surface area contributed by atoms with Crippen LogP contribution in [0, 0.1) is 6.92 Å². The standard InChI is InChI=1S/C24H28N2O2/c1-4-5-6-9-16-25-24(27)22-17(2)23(18-12-14-19(28-3)15-13-18)26-21-11-8-7-10-20(21)22/h7-8,10-15H,4-6,9,16H2,1-3H3,(H,25,27). The van der Waals surface area contributed by atoms with Gasteiger partial charge in [0.15, 0.2) is 0 Å². The first-order valence-electron chi connectivity index (χ1n) is 9.97. The van der Waals surface area contributed by atoms with E-state index in [4.69, 9.17) is 9.72 Å². The first-order valence-corrected chi connectivity index (χ1v) is 9.97. The molecule has 1 aromatic heterocycles. The zero-order valence-electron chi connectivity index (χ0n) is 16.9. The highest BCUT2D eigenvalue weighted by atomic mass is 16.5. The van der Waals surface area contributed by atoms with Gasteiger partial charge in [-0.15, -0.1) is 0 Å². The number of fused-ring (bicyclic) bond motifs is 1. The molecule has 0 aliphatic carbocycles. The van der Waals surface area contributed by atoms with Crippen molar-refractivity contribution in [2.45, 2.75) is 39.5 Å². The second-order valence-electron chi connectivity index (χ2n) is 7.02. The molecule has 1 amide bonds. The molecule has 146 valence electrons. The van der Waals surface area contributed by atoms with Crippen LogP contribution in [0.2, 0.25) is 0 Å². The Kier molecular flexibility index (Phi) is 6.64. The number of amides is 1. The van der Waals surface area contributed by atoms with Gasteiger partial charge in [0, 0.05) is 17.5 Å². The highest BCUT2D eigenvalue weighted by Gasteiger charge is 2.18. The number of unbranched alkanes of at least 4 members (excludes halogenated alkanes) is 3. The highest BCUT2D eigenvalue weighted by Crippen LogP contribution is 2.30. The molecular weight excluding hydrogens is 348 g/mol. The lowest BCUT2D eigenvalue weighted by molar-refractivity contribution is 0.0954. The number of nitrogens with zero attached hydrogens (tertiary/aromatic N) is 1. The second-order valence-corrected chi connectivity index (χ2v) is 7.02. The van der Waals surface area contributed by atoms with Crippen molar-refractivity contribution in [1.29, 1.82) is 0 Å². The van der Waals surface area contributed by atoms with E-state index in [9.17, 15) is 4.79 Å². The van der Waals surface area contributed by atoms with Crippen LogP contribution in [0.4, 0.5) is 0 Å². The maximum Gasteiger partial charge on any atom is 0.252 e. The summed E-state index contributed by atoms with van der Waals surface area (Å²) in [5.74, 6) is 0.773. The van der Waals surface area contributed by atoms with Crippen LogP contribution in [0.25, 0.3) is 22.2 Å². The number of carbonyl (C=O) groups excluding carboxylic acids is 1. The largest absolute Gasteiger partial charge is 0.497 e. The highest BCUT2D eigenvalue weighted by molar-refractivity contribution is 6.08. The lowest BCUT2D eigenvalue weighted by Crippen LogP contribution is -2.26. The topological polar surface area (TPSA) is 51.2 Å². The van der Waals surface area contributed by atoms with Crippen molar-refractivity contribution in [2.75, 3.05) is 13.7 Å². The minimum Gasteiger partial charge on any atom is -0.497 e. The number of rotatable bonds is 8. The molecule has 0 spiro atoms. The van der Waals surface area contributed by atoms with Crippen LogP contribution in [0.1, 0.15) is 48.5 Å². The van der Waals surface area contributed by atoms with Gasteiger partial charge in [-0.1, -0.05) is 44.4 Å². The van der Waals surface area contributed by atoms with Crippen LogP contribution in [-0.2, 0) is 0 Å². The van der Waals surface area contributed by atoms with Gasteiger partial charge in [-0.3, -0.25) is 4.79 Å². The molecule has 4 heteroatoms. The summed E-state index contributed by atoms with van der Waals surface area (Å²) in [6.45, 7) is 4.86. The molecule has 28 heavy (non-hydrogen) atoms. The molecule has 2 aromatic carbocycles. The van der Waals surface area contributed by atoms with E-state index in [2.05, 4.69) is 12.2 Å². The molecule has 0 aliphatic rings. The summed E-state index contributed by atoms with van der Waals surface area (Å²) in [6, 6.07) is 15.6. The second kappa shape index (κ2) is 9.36. The van der Waals surface area contributed by atoms with Crippen LogP contribution in [0.3, 0.4) is 0 Å². The number of aromatic nitrogens is 1. The molecule has 3 rings (SSSR count). The van der Waals surface area contributed by atoms with E-state index >= 15 is 0 Å². The van der Waals surface area contributed by atoms with Crippen molar-refractivity contribution in [1.82, 2.24) is 10.3 Å². The van der Waals surface area contributed by atoms with E-state index < -0.39 is 0 Å². The van der Waals surface area contributed by atoms with Gasteiger partial charge >= 0.3 is 0 Å². The predicted octanol–water partition coefficient (Wildman–Crippen LogP) is 5.53. The average Bonchev–Trinajstić information content (AvgIpc) is 2.73. The van der Waals surface area contributed by atoms with Crippen molar-refractivity contribution >= 4 is 16.8 Å². The Hall–Kier alpha value is -2.88. The van der Waals surface area contributed by atoms with Crippen molar-refractivity contribution in [3.05, 3.63) is 59.7 Å². The molecule has 0 unspecified atom stereocenters. The van der Waals surface area contributed by atoms with Gasteiger partial charge in [0.1, 0.15) is 5.75 Å². The minimum absolute atomic E-state index is 0.0256. The number of ether oxygens (including phenoxy) is 1. The quantitative estimate of drug-likeness (QED) is 0.526. The Balaban J connectivity index is 1.98. The zero-order valence-corrected chi connectivity index (χ0v) is 16.9. The summed E-state index contributed by atoms with van der Waals surface area (Å²) in [7, 11) is 1.65. The number of nitrogens with one attached hydrogen (secondary N) is 1. The Morgan fingerprint density at radius 2 is 1.79 bits per heavy atom. The van der Waals surface area contributed by atoms with E-state index in [1.165, 1.54) is 12.8 Å². The lowest BCUT2D eigenvalue weighted by atomic mass is 9.97. The fourth-order valence-electron chi connectivity index (χ4n) is 3.47. The van der Waals surface area contributed by atoms with Crippen LogP contribution >= 0.6 is 0 Å². The molecule has 3 aromatic rings. The Morgan fingerprint density at radius 1 is 1.04 bits per heavy atom. The van der Waals surface area contributed by atoms with Crippen LogP contribution < -0.4 is 10.1 Å². The van der Waals surface area contributed by atoms with Gasteiger partial charge in [-0.25, -0.2) is 4.98 Å². The molecular formula is C24H28N2O2. The fourth-order valence-corrected chi connectivity index (χ4v) is 3.47.